The molecule has 1 amide bonds. The van der Waals surface area contributed by atoms with Gasteiger partial charge in [-0.3, -0.25) is 4.79 Å². The minimum absolute atomic E-state index is 0.0873. The maximum Gasteiger partial charge on any atom is 0.349 e. The number of quaternary nitrogens is 1. The monoisotopic (exact) mass is 303 g/mol. The van der Waals surface area contributed by atoms with E-state index in [1.54, 1.807) is 23.1 Å². The van der Waals surface area contributed by atoms with Gasteiger partial charge in [0.1, 0.15) is 17.7 Å². The van der Waals surface area contributed by atoms with Crippen LogP contribution in [0, 0.1) is 0 Å². The number of carbonyl (C=O) groups excluding carboxylic acids is 1. The first kappa shape index (κ1) is 14.7. The lowest BCUT2D eigenvalue weighted by atomic mass is 10.1. The number of carbonyl (C=O) groups is 1. The fourth-order valence-electron chi connectivity index (χ4n) is 2.82. The summed E-state index contributed by atoms with van der Waals surface area (Å²) in [6.45, 7) is 3.58. The summed E-state index contributed by atoms with van der Waals surface area (Å²) in [7, 11) is 0. The Kier molecular flexibility index (Phi) is 4.22. The Morgan fingerprint density at radius 3 is 2.73 bits per heavy atom. The highest BCUT2D eigenvalue weighted by atomic mass is 16.4. The van der Waals surface area contributed by atoms with Crippen LogP contribution in [-0.2, 0) is 0 Å². The predicted octanol–water partition coefficient (Wildman–Crippen LogP) is -0.874. The zero-order valence-corrected chi connectivity index (χ0v) is 12.2. The molecule has 0 atom stereocenters. The van der Waals surface area contributed by atoms with Gasteiger partial charge in [0, 0.05) is 5.39 Å². The Morgan fingerprint density at radius 1 is 1.27 bits per heavy atom. The maximum absolute atomic E-state index is 12.5. The van der Waals surface area contributed by atoms with E-state index in [-0.39, 0.29) is 18.1 Å². The summed E-state index contributed by atoms with van der Waals surface area (Å²) in [6, 6.07) is 8.76. The molecule has 6 heteroatoms. The van der Waals surface area contributed by atoms with Crippen LogP contribution in [-0.4, -0.2) is 55.2 Å². The van der Waals surface area contributed by atoms with Gasteiger partial charge in [0.05, 0.1) is 32.8 Å². The van der Waals surface area contributed by atoms with Crippen LogP contribution >= 0.6 is 0 Å². The Morgan fingerprint density at radius 2 is 2.00 bits per heavy atom. The van der Waals surface area contributed by atoms with Gasteiger partial charge in [-0.15, -0.1) is 0 Å². The second-order valence-electron chi connectivity index (χ2n) is 5.50. The number of hydrogen-bond donors (Lipinski definition) is 2. The Labute approximate surface area is 127 Å². The van der Waals surface area contributed by atoms with Gasteiger partial charge >= 0.3 is 5.63 Å². The molecule has 0 radical (unpaired) electrons. The van der Waals surface area contributed by atoms with Gasteiger partial charge in [-0.25, -0.2) is 4.79 Å². The van der Waals surface area contributed by atoms with Crippen molar-refractivity contribution >= 4 is 16.9 Å². The van der Waals surface area contributed by atoms with E-state index < -0.39 is 5.63 Å². The molecule has 1 aliphatic rings. The van der Waals surface area contributed by atoms with E-state index >= 15 is 0 Å². The van der Waals surface area contributed by atoms with Crippen molar-refractivity contribution in [3.8, 4) is 0 Å². The zero-order valence-electron chi connectivity index (χ0n) is 12.2. The van der Waals surface area contributed by atoms with Crippen LogP contribution in [0.25, 0.3) is 11.0 Å². The first-order valence-corrected chi connectivity index (χ1v) is 7.45. The molecule has 2 aromatic rings. The number of amides is 1. The number of nitrogens with zero attached hydrogens (tertiary/aromatic N) is 1. The number of nitrogens with one attached hydrogen (secondary N) is 1. The van der Waals surface area contributed by atoms with Crippen molar-refractivity contribution in [1.82, 2.24) is 4.90 Å². The fourth-order valence-corrected chi connectivity index (χ4v) is 2.82. The van der Waals surface area contributed by atoms with Gasteiger partial charge in [0.25, 0.3) is 5.91 Å². The van der Waals surface area contributed by atoms with Crippen molar-refractivity contribution in [3.05, 3.63) is 46.3 Å². The molecule has 22 heavy (non-hydrogen) atoms. The highest BCUT2D eigenvalue weighted by molar-refractivity contribution is 5.96. The zero-order chi connectivity index (χ0) is 15.5. The minimum atomic E-state index is -0.589. The third kappa shape index (κ3) is 2.88. The van der Waals surface area contributed by atoms with Crippen molar-refractivity contribution in [3.63, 3.8) is 0 Å². The number of piperazine rings is 1. The highest BCUT2D eigenvalue weighted by Crippen LogP contribution is 2.13. The lowest BCUT2D eigenvalue weighted by molar-refractivity contribution is -0.904. The predicted molar refractivity (Wildman–Crippen MR) is 81.0 cm³/mol. The second kappa shape index (κ2) is 6.29. The Balaban J connectivity index is 1.81. The molecule has 0 unspecified atom stereocenters. The van der Waals surface area contributed by atoms with Crippen LogP contribution in [0.15, 0.2) is 39.5 Å². The molecule has 0 bridgehead atoms. The smallest absolute Gasteiger partial charge is 0.349 e. The minimum Gasteiger partial charge on any atom is -0.422 e. The number of rotatable bonds is 3. The molecule has 1 aromatic carbocycles. The molecular weight excluding hydrogens is 284 g/mol. The number of aliphatic hydroxyl groups excluding tert-OH is 1. The first-order valence-electron chi connectivity index (χ1n) is 7.45. The first-order chi connectivity index (χ1) is 10.7. The van der Waals surface area contributed by atoms with Gasteiger partial charge in [0.15, 0.2) is 0 Å². The van der Waals surface area contributed by atoms with Crippen molar-refractivity contribution in [1.29, 1.82) is 0 Å². The summed E-state index contributed by atoms with van der Waals surface area (Å²) in [5.74, 6) is -0.275. The number of benzene rings is 1. The van der Waals surface area contributed by atoms with E-state index in [1.807, 2.05) is 12.1 Å². The number of para-hydroxylation sites is 1. The number of hydrogen-bond acceptors (Lipinski definition) is 4. The summed E-state index contributed by atoms with van der Waals surface area (Å²) in [5.41, 5.74) is -0.0144. The molecule has 2 heterocycles. The van der Waals surface area contributed by atoms with Crippen molar-refractivity contribution < 1.29 is 19.2 Å². The van der Waals surface area contributed by atoms with Crippen LogP contribution in [0.3, 0.4) is 0 Å². The fraction of sp³-hybridized carbons (Fsp3) is 0.375. The van der Waals surface area contributed by atoms with E-state index in [0.717, 1.165) is 18.5 Å². The van der Waals surface area contributed by atoms with Crippen molar-refractivity contribution in [2.45, 2.75) is 0 Å². The Hall–Kier alpha value is -2.18. The van der Waals surface area contributed by atoms with Gasteiger partial charge < -0.3 is 19.3 Å². The summed E-state index contributed by atoms with van der Waals surface area (Å²) < 4.78 is 5.22. The standard InChI is InChI=1S/C16H18N2O4/c19-10-9-17-5-7-18(8-6-17)15(20)13-11-12-3-1-2-4-14(12)22-16(13)21/h1-4,11,19H,5-10H2/p+1. The summed E-state index contributed by atoms with van der Waals surface area (Å²) in [5, 5.41) is 9.70. The van der Waals surface area contributed by atoms with Gasteiger partial charge in [-0.05, 0) is 12.1 Å². The molecule has 0 aliphatic carbocycles. The number of aliphatic hydroxyl groups is 1. The molecule has 116 valence electrons. The van der Waals surface area contributed by atoms with Crippen LogP contribution in [0.5, 0.6) is 0 Å². The third-order valence-corrected chi connectivity index (χ3v) is 4.09. The largest absolute Gasteiger partial charge is 0.422 e. The Bertz CT molecular complexity index is 732. The van der Waals surface area contributed by atoms with Crippen molar-refractivity contribution in [2.75, 3.05) is 39.3 Å². The third-order valence-electron chi connectivity index (χ3n) is 4.09. The molecule has 1 aliphatic heterocycles. The van der Waals surface area contributed by atoms with Crippen LogP contribution in [0.1, 0.15) is 10.4 Å². The molecule has 1 saturated heterocycles. The van der Waals surface area contributed by atoms with Crippen LogP contribution in [0.2, 0.25) is 0 Å². The van der Waals surface area contributed by atoms with E-state index in [2.05, 4.69) is 0 Å². The molecular formula is C16H19N2O4+. The summed E-state index contributed by atoms with van der Waals surface area (Å²) in [4.78, 5) is 27.5. The van der Waals surface area contributed by atoms with E-state index in [4.69, 9.17) is 9.52 Å². The summed E-state index contributed by atoms with van der Waals surface area (Å²) >= 11 is 0. The molecule has 6 nitrogen and oxygen atoms in total. The van der Waals surface area contributed by atoms with E-state index in [1.165, 1.54) is 4.90 Å². The van der Waals surface area contributed by atoms with Gasteiger partial charge in [-0.2, -0.15) is 0 Å². The van der Waals surface area contributed by atoms with Gasteiger partial charge in [-0.1, -0.05) is 18.2 Å². The normalized spacial score (nSPS) is 16.1. The van der Waals surface area contributed by atoms with Crippen LogP contribution < -0.4 is 10.5 Å². The maximum atomic E-state index is 12.5. The lowest BCUT2D eigenvalue weighted by Gasteiger charge is -2.31. The molecule has 3 rings (SSSR count). The van der Waals surface area contributed by atoms with Crippen LogP contribution in [0.4, 0.5) is 0 Å². The molecule has 2 N–H and O–H groups in total. The van der Waals surface area contributed by atoms with E-state index in [0.29, 0.717) is 25.2 Å². The quantitative estimate of drug-likeness (QED) is 0.723. The van der Waals surface area contributed by atoms with Gasteiger partial charge in [0.2, 0.25) is 0 Å². The lowest BCUT2D eigenvalue weighted by Crippen LogP contribution is -3.15. The average molecular weight is 303 g/mol. The topological polar surface area (TPSA) is 75.2 Å². The number of fused-ring (bicyclic) bond motifs is 1. The SMILES string of the molecule is O=C(c1cc2ccccc2oc1=O)N1CC[NH+](CCO)CC1. The second-order valence-corrected chi connectivity index (χ2v) is 5.50. The molecule has 0 saturated carbocycles. The molecule has 1 aromatic heterocycles. The molecule has 0 spiro atoms. The van der Waals surface area contributed by atoms with E-state index in [9.17, 15) is 9.59 Å². The van der Waals surface area contributed by atoms with Crippen molar-refractivity contribution in [2.24, 2.45) is 0 Å². The summed E-state index contributed by atoms with van der Waals surface area (Å²) in [6.07, 6.45) is 0. The average Bonchev–Trinajstić information content (AvgIpc) is 2.54. The highest BCUT2D eigenvalue weighted by Gasteiger charge is 2.26. The molecule has 1 fully saturated rings.